The van der Waals surface area contributed by atoms with E-state index in [0.29, 0.717) is 0 Å². The Morgan fingerprint density at radius 3 is 1.44 bits per heavy atom. The normalized spacial score (nSPS) is 18.9. The van der Waals surface area contributed by atoms with Crippen molar-refractivity contribution in [2.75, 3.05) is 0 Å². The molecular formula is C21H39Br2NSe. The van der Waals surface area contributed by atoms with Gasteiger partial charge in [-0.05, 0) is 0 Å². The molecule has 4 heteroatoms. The molecule has 0 N–H and O–H groups in total. The molecule has 1 nitrogen and oxygen atoms in total. The van der Waals surface area contributed by atoms with Gasteiger partial charge in [0.2, 0.25) is 0 Å². The van der Waals surface area contributed by atoms with Gasteiger partial charge in [-0.1, -0.05) is 39.0 Å². The van der Waals surface area contributed by atoms with Crippen LogP contribution >= 0.6 is 31.9 Å². The molecule has 1 aliphatic rings. The van der Waals surface area contributed by atoms with Crippen molar-refractivity contribution < 1.29 is 0 Å². The van der Waals surface area contributed by atoms with Crippen molar-refractivity contribution in [2.24, 2.45) is 4.99 Å². The average Bonchev–Trinajstić information content (AvgIpc) is 2.85. The molecule has 0 amide bonds. The second kappa shape index (κ2) is 15.9. The van der Waals surface area contributed by atoms with Gasteiger partial charge in [0.05, 0.1) is 0 Å². The first-order chi connectivity index (χ1) is 12.2. The van der Waals surface area contributed by atoms with E-state index in [-0.39, 0.29) is 0 Å². The van der Waals surface area contributed by atoms with Crippen molar-refractivity contribution in [3.05, 3.63) is 7.99 Å². The Hall–Kier alpha value is 0.889. The van der Waals surface area contributed by atoms with Crippen LogP contribution in [0.4, 0.5) is 0 Å². The van der Waals surface area contributed by atoms with Crippen LogP contribution in [0.5, 0.6) is 0 Å². The van der Waals surface area contributed by atoms with Gasteiger partial charge in [0.15, 0.2) is 0 Å². The van der Waals surface area contributed by atoms with Gasteiger partial charge in [0, 0.05) is 0 Å². The second-order valence-corrected chi connectivity index (χ2v) is 14.6. The molecule has 1 atom stereocenters. The molecule has 0 saturated carbocycles. The number of rotatable bonds is 16. The molecule has 0 saturated heterocycles. The van der Waals surface area contributed by atoms with E-state index >= 15 is 0 Å². The van der Waals surface area contributed by atoms with Gasteiger partial charge < -0.3 is 0 Å². The molecule has 0 aliphatic carbocycles. The number of aliphatic imine (C=N–C) groups is 1. The Balaban J connectivity index is 1.79. The molecule has 0 aromatic heterocycles. The van der Waals surface area contributed by atoms with Crippen LogP contribution in [-0.2, 0) is 0 Å². The zero-order valence-electron chi connectivity index (χ0n) is 16.5. The summed E-state index contributed by atoms with van der Waals surface area (Å²) in [5.41, 5.74) is 0. The minimum atomic E-state index is -0.979. The third-order valence-corrected chi connectivity index (χ3v) is 14.0. The van der Waals surface area contributed by atoms with Gasteiger partial charge in [0.1, 0.15) is 0 Å². The van der Waals surface area contributed by atoms with Crippen molar-refractivity contribution in [3.8, 4) is 0 Å². The number of hydrogen-bond donors (Lipinski definition) is 0. The van der Waals surface area contributed by atoms with Crippen LogP contribution in [0, 0.1) is 0 Å². The average molecular weight is 544 g/mol. The topological polar surface area (TPSA) is 12.4 Å². The summed E-state index contributed by atoms with van der Waals surface area (Å²) in [7, 11) is 0. The molecule has 0 fully saturated rings. The first kappa shape index (κ1) is 23.9. The van der Waals surface area contributed by atoms with Crippen LogP contribution < -0.4 is 0 Å². The van der Waals surface area contributed by atoms with Crippen LogP contribution in [0.25, 0.3) is 0 Å². The number of nitrogens with zero attached hydrogens (tertiary/aromatic N) is 1. The molecule has 1 unspecified atom stereocenters. The quantitative estimate of drug-likeness (QED) is 0.105. The van der Waals surface area contributed by atoms with Gasteiger partial charge in [-0.2, -0.15) is 0 Å². The van der Waals surface area contributed by atoms with Crippen LogP contribution in [0.2, 0.25) is 5.82 Å². The number of halogens is 2. The van der Waals surface area contributed by atoms with E-state index in [1.165, 1.54) is 111 Å². The third-order valence-electron chi connectivity index (χ3n) is 5.08. The molecule has 0 radical (unpaired) electrons. The first-order valence-corrected chi connectivity index (χ1v) is 15.9. The number of unbranched alkanes of at least 4 members (excludes halogenated alkanes) is 14. The summed E-state index contributed by atoms with van der Waals surface area (Å²) < 4.78 is 3.91. The summed E-state index contributed by atoms with van der Waals surface area (Å²) in [6.07, 6.45) is 22.7. The Kier molecular flexibility index (Phi) is 15.2. The zero-order chi connectivity index (χ0) is 18.3. The van der Waals surface area contributed by atoms with Gasteiger partial charge >= 0.3 is 140 Å². The summed E-state index contributed by atoms with van der Waals surface area (Å²) in [6, 6.07) is 0. The zero-order valence-corrected chi connectivity index (χ0v) is 21.5. The van der Waals surface area contributed by atoms with E-state index in [2.05, 4.69) is 49.6 Å². The molecule has 0 aromatic rings. The number of hydrogen-bond acceptors (Lipinski definition) is 1. The minimum absolute atomic E-state index is 0.979. The van der Waals surface area contributed by atoms with E-state index in [1.54, 1.807) is 0 Å². The van der Waals surface area contributed by atoms with E-state index in [4.69, 9.17) is 0 Å². The second-order valence-electron chi connectivity index (χ2n) is 7.37. The molecule has 1 heterocycles. The Morgan fingerprint density at radius 2 is 1.08 bits per heavy atom. The van der Waals surface area contributed by atoms with Crippen LogP contribution in [0.3, 0.4) is 0 Å². The summed E-state index contributed by atoms with van der Waals surface area (Å²) in [5, 5.41) is 0. The summed E-state index contributed by atoms with van der Waals surface area (Å²) >= 11 is 6.25. The van der Waals surface area contributed by atoms with Gasteiger partial charge in [-0.3, -0.25) is 0 Å². The first-order valence-electron chi connectivity index (χ1n) is 10.5. The Morgan fingerprint density at radius 1 is 0.680 bits per heavy atom. The molecule has 0 bridgehead atoms. The van der Waals surface area contributed by atoms with Crippen LogP contribution in [0.1, 0.15) is 110 Å². The molecule has 0 aromatic carbocycles. The molecule has 0 spiro atoms. The van der Waals surface area contributed by atoms with Crippen molar-refractivity contribution in [1.29, 1.82) is 0 Å². The SMILES string of the molecule is CCCCCCCCCCCCCCCCCC1=NC(Br)=C(Br)[SeH]1C. The molecule has 148 valence electrons. The third kappa shape index (κ3) is 11.4. The van der Waals surface area contributed by atoms with E-state index < -0.39 is 13.9 Å². The molecule has 1 aliphatic heterocycles. The fourth-order valence-electron chi connectivity index (χ4n) is 3.36. The van der Waals surface area contributed by atoms with E-state index in [1.807, 2.05) is 0 Å². The summed E-state index contributed by atoms with van der Waals surface area (Å²) in [5.74, 6) is 2.38. The predicted octanol–water partition coefficient (Wildman–Crippen LogP) is 8.60. The van der Waals surface area contributed by atoms with Crippen molar-refractivity contribution in [2.45, 2.75) is 115 Å². The molecule has 25 heavy (non-hydrogen) atoms. The predicted molar refractivity (Wildman–Crippen MR) is 125 cm³/mol. The van der Waals surface area contributed by atoms with Crippen LogP contribution in [0.15, 0.2) is 13.0 Å². The van der Waals surface area contributed by atoms with Gasteiger partial charge in [-0.25, -0.2) is 0 Å². The van der Waals surface area contributed by atoms with E-state index in [9.17, 15) is 0 Å². The molecule has 1 rings (SSSR count). The van der Waals surface area contributed by atoms with Gasteiger partial charge in [-0.15, -0.1) is 0 Å². The maximum absolute atomic E-state index is 4.68. The van der Waals surface area contributed by atoms with E-state index in [0.717, 1.165) is 4.61 Å². The fraction of sp³-hybridized carbons (Fsp3) is 0.857. The summed E-state index contributed by atoms with van der Waals surface area (Å²) in [6.45, 7) is 2.29. The van der Waals surface area contributed by atoms with Crippen LogP contribution in [-0.4, -0.2) is 18.5 Å². The Labute approximate surface area is 178 Å². The maximum atomic E-state index is 4.68. The van der Waals surface area contributed by atoms with Gasteiger partial charge in [0.25, 0.3) is 0 Å². The van der Waals surface area contributed by atoms with Crippen molar-refractivity contribution >= 4 is 50.4 Å². The summed E-state index contributed by atoms with van der Waals surface area (Å²) in [4.78, 5) is 4.68. The monoisotopic (exact) mass is 543 g/mol. The fourth-order valence-corrected chi connectivity index (χ4v) is 9.13. The van der Waals surface area contributed by atoms with Crippen molar-refractivity contribution in [1.82, 2.24) is 0 Å². The standard InChI is InChI=1S/C21H39Br2NSe/c1-3-4-5-6-7-8-9-10-11-12-13-14-15-16-17-18-19-24-20(22)21(23)25(19)2/h25H,3-18H2,1-2H3. The Bertz CT molecular complexity index is 407. The van der Waals surface area contributed by atoms with Crippen molar-refractivity contribution in [3.63, 3.8) is 0 Å². The molecular weight excluding hydrogens is 505 g/mol.